The van der Waals surface area contributed by atoms with E-state index in [1.165, 1.54) is 16.0 Å². The van der Waals surface area contributed by atoms with Gasteiger partial charge in [0.2, 0.25) is 0 Å². The average Bonchev–Trinajstić information content (AvgIpc) is 3.44. The summed E-state index contributed by atoms with van der Waals surface area (Å²) < 4.78 is 5.18. The molecule has 1 aliphatic rings. The zero-order valence-corrected chi connectivity index (χ0v) is 16.6. The molecule has 0 spiro atoms. The van der Waals surface area contributed by atoms with Gasteiger partial charge in [-0.05, 0) is 6.07 Å². The molecular formula is C18H21N9S. The normalized spacial score (nSPS) is 13.6. The number of aromatic amines is 1. The highest BCUT2D eigenvalue weighted by molar-refractivity contribution is 7.19. The van der Waals surface area contributed by atoms with Crippen LogP contribution in [0.5, 0.6) is 0 Å². The Bertz CT molecular complexity index is 1160. The highest BCUT2D eigenvalue weighted by atomic mass is 32.1. The van der Waals surface area contributed by atoms with Gasteiger partial charge in [-0.25, -0.2) is 4.98 Å². The van der Waals surface area contributed by atoms with Crippen LogP contribution in [0.25, 0.3) is 10.3 Å². The van der Waals surface area contributed by atoms with Gasteiger partial charge in [0.25, 0.3) is 0 Å². The average molecular weight is 395 g/mol. The van der Waals surface area contributed by atoms with Gasteiger partial charge in [0, 0.05) is 56.3 Å². The van der Waals surface area contributed by atoms with E-state index in [1.807, 2.05) is 30.5 Å². The predicted molar refractivity (Wildman–Crippen MR) is 108 cm³/mol. The third-order valence-corrected chi connectivity index (χ3v) is 6.14. The van der Waals surface area contributed by atoms with E-state index < -0.39 is 0 Å². The van der Waals surface area contributed by atoms with Gasteiger partial charge in [0.1, 0.15) is 5.01 Å². The Morgan fingerprint density at radius 3 is 3.00 bits per heavy atom. The fourth-order valence-corrected chi connectivity index (χ4v) is 4.80. The number of nitrogens with two attached hydrogens (primary N) is 1. The van der Waals surface area contributed by atoms with Crippen molar-refractivity contribution in [2.45, 2.75) is 26.1 Å². The van der Waals surface area contributed by atoms with Crippen molar-refractivity contribution in [2.75, 3.05) is 0 Å². The Balaban J connectivity index is 1.42. The van der Waals surface area contributed by atoms with Crippen molar-refractivity contribution in [1.82, 2.24) is 34.5 Å². The van der Waals surface area contributed by atoms with Crippen LogP contribution in [0.15, 0.2) is 23.6 Å². The SMILES string of the molecule is Cn1cc(CN)c(CN2Cc3c(c4sc(Cc5ccn[nH]5)nc4n3C)C=N2)n1. The molecule has 0 radical (unpaired) electrons. The second-order valence-corrected chi connectivity index (χ2v) is 8.07. The van der Waals surface area contributed by atoms with E-state index in [-0.39, 0.29) is 0 Å². The van der Waals surface area contributed by atoms with Crippen LogP contribution in [0, 0.1) is 0 Å². The summed E-state index contributed by atoms with van der Waals surface area (Å²) in [5, 5.41) is 19.3. The third kappa shape index (κ3) is 2.81. The molecule has 0 aliphatic carbocycles. The summed E-state index contributed by atoms with van der Waals surface area (Å²) in [4.78, 5) is 4.85. The molecule has 5 heterocycles. The Morgan fingerprint density at radius 1 is 1.32 bits per heavy atom. The smallest absolute Gasteiger partial charge is 0.152 e. The van der Waals surface area contributed by atoms with Crippen LogP contribution in [-0.2, 0) is 40.2 Å². The first-order chi connectivity index (χ1) is 13.6. The highest BCUT2D eigenvalue weighted by Crippen LogP contribution is 2.33. The van der Waals surface area contributed by atoms with Crippen LogP contribution in [0.3, 0.4) is 0 Å². The molecule has 0 saturated carbocycles. The van der Waals surface area contributed by atoms with Crippen molar-refractivity contribution in [3.8, 4) is 0 Å². The number of nitrogens with zero attached hydrogens (tertiary/aromatic N) is 7. The lowest BCUT2D eigenvalue weighted by molar-refractivity contribution is 0.257. The highest BCUT2D eigenvalue weighted by Gasteiger charge is 2.24. The summed E-state index contributed by atoms with van der Waals surface area (Å²) in [6.45, 7) is 1.84. The quantitative estimate of drug-likeness (QED) is 0.533. The number of fused-ring (bicyclic) bond motifs is 3. The number of thiazole rings is 1. The number of nitrogens with one attached hydrogen (secondary N) is 1. The number of aryl methyl sites for hydroxylation is 2. The summed E-state index contributed by atoms with van der Waals surface area (Å²) in [6, 6.07) is 1.98. The lowest BCUT2D eigenvalue weighted by Gasteiger charge is -2.23. The first-order valence-corrected chi connectivity index (χ1v) is 9.89. The maximum Gasteiger partial charge on any atom is 0.152 e. The fourth-order valence-electron chi connectivity index (χ4n) is 3.65. The minimum absolute atomic E-state index is 0.481. The summed E-state index contributed by atoms with van der Waals surface area (Å²) >= 11 is 1.72. The number of rotatable bonds is 5. The molecule has 0 amide bonds. The number of H-pyrrole nitrogens is 1. The number of hydrogen-bond acceptors (Lipinski definition) is 7. The molecular weight excluding hydrogens is 374 g/mol. The van der Waals surface area contributed by atoms with Crippen LogP contribution in [0.2, 0.25) is 0 Å². The van der Waals surface area contributed by atoms with Crippen molar-refractivity contribution < 1.29 is 0 Å². The molecule has 10 heteroatoms. The van der Waals surface area contributed by atoms with Gasteiger partial charge >= 0.3 is 0 Å². The van der Waals surface area contributed by atoms with Gasteiger partial charge in [-0.2, -0.15) is 15.3 Å². The Morgan fingerprint density at radius 2 is 2.21 bits per heavy atom. The molecule has 0 unspecified atom stereocenters. The molecule has 5 rings (SSSR count). The van der Waals surface area contributed by atoms with E-state index in [0.29, 0.717) is 13.1 Å². The Kier molecular flexibility index (Phi) is 4.02. The summed E-state index contributed by atoms with van der Waals surface area (Å²) in [5.74, 6) is 0. The first-order valence-electron chi connectivity index (χ1n) is 9.08. The van der Waals surface area contributed by atoms with Gasteiger partial charge in [0.15, 0.2) is 5.65 Å². The summed E-state index contributed by atoms with van der Waals surface area (Å²) in [6.07, 6.45) is 6.45. The minimum atomic E-state index is 0.481. The molecule has 4 aromatic rings. The minimum Gasteiger partial charge on any atom is -0.329 e. The lowest BCUT2D eigenvalue weighted by atomic mass is 10.2. The molecule has 4 aromatic heterocycles. The van der Waals surface area contributed by atoms with E-state index in [9.17, 15) is 0 Å². The molecule has 0 atom stereocenters. The van der Waals surface area contributed by atoms with E-state index in [4.69, 9.17) is 10.7 Å². The van der Waals surface area contributed by atoms with Crippen LogP contribution in [-0.4, -0.2) is 40.8 Å². The van der Waals surface area contributed by atoms with E-state index in [0.717, 1.165) is 40.6 Å². The zero-order valence-electron chi connectivity index (χ0n) is 15.8. The van der Waals surface area contributed by atoms with Crippen molar-refractivity contribution in [2.24, 2.45) is 24.9 Å². The molecule has 0 fully saturated rings. The van der Waals surface area contributed by atoms with E-state index in [1.54, 1.807) is 22.2 Å². The molecule has 9 nitrogen and oxygen atoms in total. The fraction of sp³-hybridized carbons (Fsp3) is 0.333. The molecule has 3 N–H and O–H groups in total. The van der Waals surface area contributed by atoms with Crippen molar-refractivity contribution in [3.63, 3.8) is 0 Å². The molecule has 1 aliphatic heterocycles. The predicted octanol–water partition coefficient (Wildman–Crippen LogP) is 1.49. The van der Waals surface area contributed by atoms with E-state index in [2.05, 4.69) is 32.0 Å². The van der Waals surface area contributed by atoms with Crippen molar-refractivity contribution >= 4 is 27.9 Å². The molecule has 0 bridgehead atoms. The van der Waals surface area contributed by atoms with Crippen LogP contribution in [0.4, 0.5) is 0 Å². The van der Waals surface area contributed by atoms with Gasteiger partial charge in [-0.1, -0.05) is 0 Å². The van der Waals surface area contributed by atoms with Crippen molar-refractivity contribution in [3.05, 3.63) is 51.7 Å². The Labute approximate surface area is 165 Å². The topological polar surface area (TPSA) is 106 Å². The lowest BCUT2D eigenvalue weighted by Crippen LogP contribution is -2.23. The third-order valence-electron chi connectivity index (χ3n) is 5.06. The molecule has 28 heavy (non-hydrogen) atoms. The van der Waals surface area contributed by atoms with Gasteiger partial charge in [-0.15, -0.1) is 11.3 Å². The van der Waals surface area contributed by atoms with Gasteiger partial charge < -0.3 is 10.3 Å². The van der Waals surface area contributed by atoms with Gasteiger partial charge in [-0.3, -0.25) is 14.8 Å². The standard InChI is InChI=1S/C18H21N9S/c1-25-8-11(6-19)14(24-25)9-27-10-15-13(7-21-27)17-18(26(15)2)22-16(28-17)5-12-3-4-20-23-12/h3-4,7-8H,5-6,9-10,19H2,1-2H3,(H,20,23). The monoisotopic (exact) mass is 395 g/mol. The molecule has 144 valence electrons. The van der Waals surface area contributed by atoms with Crippen molar-refractivity contribution in [1.29, 1.82) is 0 Å². The summed E-state index contributed by atoms with van der Waals surface area (Å²) in [5.41, 5.74) is 12.3. The summed E-state index contributed by atoms with van der Waals surface area (Å²) in [7, 11) is 3.99. The zero-order chi connectivity index (χ0) is 19.3. The van der Waals surface area contributed by atoms with E-state index >= 15 is 0 Å². The second-order valence-electron chi connectivity index (χ2n) is 6.98. The Hall–Kier alpha value is -2.98. The number of hydrazone groups is 1. The van der Waals surface area contributed by atoms with Gasteiger partial charge in [0.05, 0.1) is 35.4 Å². The number of hydrogen-bond donors (Lipinski definition) is 2. The van der Waals surface area contributed by atoms with Crippen LogP contribution >= 0.6 is 11.3 Å². The molecule has 0 saturated heterocycles. The number of aromatic nitrogens is 6. The first kappa shape index (κ1) is 17.1. The second kappa shape index (κ2) is 6.57. The van der Waals surface area contributed by atoms with Crippen LogP contribution in [0.1, 0.15) is 33.2 Å². The maximum absolute atomic E-state index is 5.84. The van der Waals surface area contributed by atoms with Crippen LogP contribution < -0.4 is 5.73 Å². The molecule has 0 aromatic carbocycles. The largest absolute Gasteiger partial charge is 0.329 e. The maximum atomic E-state index is 5.84.